The first kappa shape index (κ1) is 20.5. The molecule has 1 heterocycles. The van der Waals surface area contributed by atoms with E-state index in [1.54, 1.807) is 18.2 Å². The normalized spacial score (nSPS) is 11.1. The van der Waals surface area contributed by atoms with Crippen LogP contribution in [0.5, 0.6) is 5.75 Å². The second-order valence-electron chi connectivity index (χ2n) is 6.28. The second kappa shape index (κ2) is 8.94. The van der Waals surface area contributed by atoms with Crippen LogP contribution in [-0.2, 0) is 0 Å². The zero-order chi connectivity index (χ0) is 21.8. The molecule has 0 aliphatic carbocycles. The Balaban J connectivity index is 1.50. The van der Waals surface area contributed by atoms with Crippen molar-refractivity contribution in [3.05, 3.63) is 88.0 Å². The van der Waals surface area contributed by atoms with Crippen LogP contribution in [0, 0.1) is 10.1 Å². The standard InChI is InChI=1S/C21H14N4O4S2/c26-15-5-3-4-14(11-15)20(27)24-22-12-13-8-9-19(17(10-13)25(28)29)31-21-23-16-6-1-2-7-18(16)30-21/h1-12,26H,(H,24,27)/b22-12-. The van der Waals surface area contributed by atoms with Crippen molar-refractivity contribution in [1.29, 1.82) is 0 Å². The van der Waals surface area contributed by atoms with E-state index in [2.05, 4.69) is 15.5 Å². The highest BCUT2D eigenvalue weighted by atomic mass is 32.2. The van der Waals surface area contributed by atoms with Crippen LogP contribution < -0.4 is 5.43 Å². The Morgan fingerprint density at radius 2 is 2.00 bits per heavy atom. The van der Waals surface area contributed by atoms with Crippen LogP contribution in [0.25, 0.3) is 10.2 Å². The molecule has 0 aliphatic heterocycles. The fourth-order valence-electron chi connectivity index (χ4n) is 2.71. The number of fused-ring (bicyclic) bond motifs is 1. The number of hydrogen-bond acceptors (Lipinski definition) is 8. The minimum absolute atomic E-state index is 0.0338. The van der Waals surface area contributed by atoms with E-state index in [0.29, 0.717) is 14.8 Å². The molecule has 8 nitrogen and oxygen atoms in total. The topological polar surface area (TPSA) is 118 Å². The zero-order valence-corrected chi connectivity index (χ0v) is 17.4. The molecule has 4 aromatic rings. The van der Waals surface area contributed by atoms with Crippen molar-refractivity contribution in [3.8, 4) is 5.75 Å². The number of aromatic nitrogens is 1. The van der Waals surface area contributed by atoms with Crippen molar-refractivity contribution >= 4 is 51.1 Å². The zero-order valence-electron chi connectivity index (χ0n) is 15.8. The van der Waals surface area contributed by atoms with Gasteiger partial charge in [0.05, 0.1) is 26.3 Å². The maximum Gasteiger partial charge on any atom is 0.283 e. The van der Waals surface area contributed by atoms with Crippen LogP contribution >= 0.6 is 23.1 Å². The number of nitrogens with zero attached hydrogens (tertiary/aromatic N) is 3. The number of rotatable bonds is 6. The summed E-state index contributed by atoms with van der Waals surface area (Å²) < 4.78 is 1.72. The van der Waals surface area contributed by atoms with Crippen LogP contribution in [0.15, 0.2) is 81.1 Å². The first-order valence-electron chi connectivity index (χ1n) is 8.94. The second-order valence-corrected chi connectivity index (χ2v) is 8.60. The number of amides is 1. The number of thiazole rings is 1. The van der Waals surface area contributed by atoms with Gasteiger partial charge in [0.1, 0.15) is 5.75 Å². The van der Waals surface area contributed by atoms with E-state index in [9.17, 15) is 20.0 Å². The highest BCUT2D eigenvalue weighted by Gasteiger charge is 2.17. The van der Waals surface area contributed by atoms with Crippen LogP contribution in [0.3, 0.4) is 0 Å². The first-order chi connectivity index (χ1) is 15.0. The van der Waals surface area contributed by atoms with Crippen molar-refractivity contribution in [3.63, 3.8) is 0 Å². The molecule has 0 bridgehead atoms. The average molecular weight is 451 g/mol. The highest BCUT2D eigenvalue weighted by Crippen LogP contribution is 2.38. The number of phenols is 1. The summed E-state index contributed by atoms with van der Waals surface area (Å²) in [4.78, 5) is 28.1. The van der Waals surface area contributed by atoms with E-state index in [1.165, 1.54) is 53.6 Å². The van der Waals surface area contributed by atoms with Gasteiger partial charge in [-0.15, -0.1) is 11.3 Å². The number of nitro groups is 1. The molecule has 0 unspecified atom stereocenters. The summed E-state index contributed by atoms with van der Waals surface area (Å²) in [6, 6.07) is 18.2. The fourth-order valence-corrected chi connectivity index (χ4v) is 4.82. The van der Waals surface area contributed by atoms with Crippen molar-refractivity contribution in [1.82, 2.24) is 10.4 Å². The maximum atomic E-state index is 12.0. The van der Waals surface area contributed by atoms with E-state index >= 15 is 0 Å². The van der Waals surface area contributed by atoms with Crippen LogP contribution in [0.4, 0.5) is 5.69 Å². The number of carbonyl (C=O) groups is 1. The third kappa shape index (κ3) is 4.87. The Morgan fingerprint density at radius 1 is 1.16 bits per heavy atom. The van der Waals surface area contributed by atoms with Crippen LogP contribution in [0.2, 0.25) is 0 Å². The monoisotopic (exact) mass is 450 g/mol. The molecule has 154 valence electrons. The molecule has 0 fully saturated rings. The van der Waals surface area contributed by atoms with Gasteiger partial charge in [-0.3, -0.25) is 14.9 Å². The number of aromatic hydroxyl groups is 1. The van der Waals surface area contributed by atoms with Crippen LogP contribution in [-0.4, -0.2) is 27.1 Å². The van der Waals surface area contributed by atoms with E-state index in [-0.39, 0.29) is 17.0 Å². The predicted molar refractivity (Wildman–Crippen MR) is 120 cm³/mol. The minimum atomic E-state index is -0.510. The molecular formula is C21H14N4O4S2. The van der Waals surface area contributed by atoms with E-state index < -0.39 is 10.8 Å². The van der Waals surface area contributed by atoms with Gasteiger partial charge in [-0.2, -0.15) is 5.10 Å². The van der Waals surface area contributed by atoms with E-state index in [1.807, 2.05) is 24.3 Å². The molecule has 3 aromatic carbocycles. The number of nitro benzene ring substituents is 1. The van der Waals surface area contributed by atoms with Crippen molar-refractivity contribution in [2.45, 2.75) is 9.24 Å². The van der Waals surface area contributed by atoms with E-state index in [0.717, 1.165) is 10.2 Å². The number of nitrogens with one attached hydrogen (secondary N) is 1. The first-order valence-corrected chi connectivity index (χ1v) is 10.6. The summed E-state index contributed by atoms with van der Waals surface area (Å²) in [6.45, 7) is 0. The van der Waals surface area contributed by atoms with Gasteiger partial charge in [0.2, 0.25) is 0 Å². The summed E-state index contributed by atoms with van der Waals surface area (Å²) in [6.07, 6.45) is 1.32. The van der Waals surface area contributed by atoms with Gasteiger partial charge < -0.3 is 5.11 Å². The van der Waals surface area contributed by atoms with Crippen molar-refractivity contribution < 1.29 is 14.8 Å². The summed E-state index contributed by atoms with van der Waals surface area (Å²) >= 11 is 2.70. The lowest BCUT2D eigenvalue weighted by Gasteiger charge is -2.02. The number of para-hydroxylation sites is 1. The number of benzene rings is 3. The molecule has 1 aromatic heterocycles. The Kier molecular flexibility index (Phi) is 5.92. The minimum Gasteiger partial charge on any atom is -0.508 e. The molecule has 0 radical (unpaired) electrons. The third-order valence-corrected chi connectivity index (χ3v) is 6.30. The highest BCUT2D eigenvalue weighted by molar-refractivity contribution is 8.01. The molecule has 31 heavy (non-hydrogen) atoms. The molecule has 10 heteroatoms. The average Bonchev–Trinajstić information content (AvgIpc) is 3.17. The van der Waals surface area contributed by atoms with Crippen molar-refractivity contribution in [2.75, 3.05) is 0 Å². The molecule has 0 aliphatic rings. The van der Waals surface area contributed by atoms with Gasteiger partial charge in [0.25, 0.3) is 11.6 Å². The Labute approximate surface area is 184 Å². The molecule has 1 amide bonds. The smallest absolute Gasteiger partial charge is 0.283 e. The summed E-state index contributed by atoms with van der Waals surface area (Å²) in [5, 5.41) is 24.9. The molecular weight excluding hydrogens is 436 g/mol. The number of hydrogen-bond donors (Lipinski definition) is 2. The van der Waals surface area contributed by atoms with Gasteiger partial charge >= 0.3 is 0 Å². The maximum absolute atomic E-state index is 12.0. The molecule has 2 N–H and O–H groups in total. The summed E-state index contributed by atoms with van der Waals surface area (Å²) in [5.41, 5.74) is 3.80. The van der Waals surface area contributed by atoms with Gasteiger partial charge in [-0.1, -0.05) is 36.0 Å². The molecule has 0 spiro atoms. The number of carbonyl (C=O) groups excluding carboxylic acids is 1. The SMILES string of the molecule is O=C(N/N=C\c1ccc(Sc2nc3ccccc3s2)c([N+](=O)[O-])c1)c1cccc(O)c1. The summed E-state index contributed by atoms with van der Waals surface area (Å²) in [7, 11) is 0. The Hall–Kier alpha value is -3.76. The third-order valence-electron chi connectivity index (χ3n) is 4.14. The Bertz CT molecular complexity index is 1290. The van der Waals surface area contributed by atoms with Gasteiger partial charge in [0, 0.05) is 17.2 Å². The summed E-state index contributed by atoms with van der Waals surface area (Å²) in [5.74, 6) is -0.543. The van der Waals surface area contributed by atoms with Gasteiger partial charge in [0.15, 0.2) is 4.34 Å². The van der Waals surface area contributed by atoms with Gasteiger partial charge in [-0.25, -0.2) is 10.4 Å². The van der Waals surface area contributed by atoms with Gasteiger partial charge in [-0.05, 0) is 36.4 Å². The predicted octanol–water partition coefficient (Wildman–Crippen LogP) is 4.83. The lowest BCUT2D eigenvalue weighted by Crippen LogP contribution is -2.17. The molecule has 0 saturated heterocycles. The Morgan fingerprint density at radius 3 is 2.77 bits per heavy atom. The van der Waals surface area contributed by atoms with Crippen LogP contribution in [0.1, 0.15) is 15.9 Å². The molecule has 0 saturated carbocycles. The van der Waals surface area contributed by atoms with E-state index in [4.69, 9.17) is 0 Å². The van der Waals surface area contributed by atoms with Crippen molar-refractivity contribution in [2.24, 2.45) is 5.10 Å². The lowest BCUT2D eigenvalue weighted by atomic mass is 10.2. The lowest BCUT2D eigenvalue weighted by molar-refractivity contribution is -0.387. The number of hydrazone groups is 1. The molecule has 0 atom stereocenters. The largest absolute Gasteiger partial charge is 0.508 e. The molecule has 4 rings (SSSR count). The fraction of sp³-hybridized carbons (Fsp3) is 0. The quantitative estimate of drug-likeness (QED) is 0.247. The number of phenolic OH excluding ortho intramolecular Hbond substituents is 1.